The predicted molar refractivity (Wildman–Crippen MR) is 107 cm³/mol. The second kappa shape index (κ2) is 8.33. The fraction of sp³-hybridized carbons (Fsp3) is 0.550. The molecule has 0 radical (unpaired) electrons. The Morgan fingerprint density at radius 3 is 2.44 bits per heavy atom. The second-order valence-corrected chi connectivity index (χ2v) is 8.39. The van der Waals surface area contributed by atoms with E-state index in [4.69, 9.17) is 0 Å². The van der Waals surface area contributed by atoms with Crippen LogP contribution in [0.5, 0.6) is 0 Å². The van der Waals surface area contributed by atoms with E-state index in [1.54, 1.807) is 28.5 Å². The van der Waals surface area contributed by atoms with Crippen molar-refractivity contribution < 1.29 is 14.4 Å². The van der Waals surface area contributed by atoms with Crippen LogP contribution >= 0.6 is 11.8 Å². The fourth-order valence-corrected chi connectivity index (χ4v) is 4.76. The van der Waals surface area contributed by atoms with Crippen LogP contribution in [0.25, 0.3) is 0 Å². The van der Waals surface area contributed by atoms with Crippen LogP contribution in [0.15, 0.2) is 18.2 Å². The smallest absolute Gasteiger partial charge is 0.248 e. The quantitative estimate of drug-likeness (QED) is 0.862. The maximum absolute atomic E-state index is 13.0. The molecule has 1 unspecified atom stereocenters. The van der Waals surface area contributed by atoms with E-state index in [1.165, 1.54) is 5.56 Å². The van der Waals surface area contributed by atoms with E-state index >= 15 is 0 Å². The maximum atomic E-state index is 13.0. The SMILES string of the molecule is CC(=O)N1CCC(C(=O)N2CSCC2C(=O)Nc2ccc(C)c(C)c2)CC1. The van der Waals surface area contributed by atoms with Gasteiger partial charge in [0.2, 0.25) is 17.7 Å². The standard InChI is InChI=1S/C20H27N3O3S/c1-13-4-5-17(10-14(13)2)21-19(25)18-11-27-12-23(18)20(26)16-6-8-22(9-7-16)15(3)24/h4-5,10,16,18H,6-9,11-12H2,1-3H3,(H,21,25). The van der Waals surface area contributed by atoms with E-state index in [1.807, 2.05) is 32.0 Å². The zero-order valence-electron chi connectivity index (χ0n) is 16.2. The number of piperidine rings is 1. The third-order valence-corrected chi connectivity index (χ3v) is 6.54. The molecule has 0 aromatic heterocycles. The number of hydrogen-bond acceptors (Lipinski definition) is 4. The molecule has 0 saturated carbocycles. The number of hydrogen-bond donors (Lipinski definition) is 1. The van der Waals surface area contributed by atoms with Gasteiger partial charge in [-0.15, -0.1) is 11.8 Å². The second-order valence-electron chi connectivity index (χ2n) is 7.39. The van der Waals surface area contributed by atoms with Gasteiger partial charge in [0.05, 0.1) is 5.88 Å². The summed E-state index contributed by atoms with van der Waals surface area (Å²) in [5, 5.41) is 2.96. The molecular formula is C20H27N3O3S. The fourth-order valence-electron chi connectivity index (χ4n) is 3.60. The molecular weight excluding hydrogens is 362 g/mol. The number of benzene rings is 1. The van der Waals surface area contributed by atoms with Crippen LogP contribution in [0.2, 0.25) is 0 Å². The van der Waals surface area contributed by atoms with Gasteiger partial charge in [0.25, 0.3) is 0 Å². The van der Waals surface area contributed by atoms with Crippen molar-refractivity contribution in [1.29, 1.82) is 0 Å². The molecule has 146 valence electrons. The molecule has 1 aromatic rings. The van der Waals surface area contributed by atoms with Gasteiger partial charge in [0.15, 0.2) is 0 Å². The minimum absolute atomic E-state index is 0.0449. The predicted octanol–water partition coefficient (Wildman–Crippen LogP) is 2.40. The topological polar surface area (TPSA) is 69.7 Å². The molecule has 6 nitrogen and oxygen atoms in total. The lowest BCUT2D eigenvalue weighted by molar-refractivity contribution is -0.142. The van der Waals surface area contributed by atoms with Crippen LogP contribution in [0.4, 0.5) is 5.69 Å². The van der Waals surface area contributed by atoms with E-state index in [0.717, 1.165) is 11.3 Å². The number of carbonyl (C=O) groups is 3. The molecule has 2 saturated heterocycles. The molecule has 0 aliphatic carbocycles. The first-order chi connectivity index (χ1) is 12.9. The lowest BCUT2D eigenvalue weighted by atomic mass is 9.95. The molecule has 2 aliphatic heterocycles. The lowest BCUT2D eigenvalue weighted by Crippen LogP contribution is -2.49. The van der Waals surface area contributed by atoms with Gasteiger partial charge in [-0.25, -0.2) is 0 Å². The molecule has 2 aliphatic rings. The average Bonchev–Trinajstić information content (AvgIpc) is 3.14. The van der Waals surface area contributed by atoms with Gasteiger partial charge < -0.3 is 15.1 Å². The highest BCUT2D eigenvalue weighted by atomic mass is 32.2. The van der Waals surface area contributed by atoms with E-state index in [0.29, 0.717) is 37.6 Å². The molecule has 27 heavy (non-hydrogen) atoms. The molecule has 0 spiro atoms. The van der Waals surface area contributed by atoms with Gasteiger partial charge in [-0.1, -0.05) is 6.07 Å². The van der Waals surface area contributed by atoms with E-state index < -0.39 is 6.04 Å². The zero-order chi connectivity index (χ0) is 19.6. The summed E-state index contributed by atoms with van der Waals surface area (Å²) in [5.41, 5.74) is 3.07. The van der Waals surface area contributed by atoms with Crippen LogP contribution in [-0.4, -0.2) is 58.3 Å². The van der Waals surface area contributed by atoms with Crippen LogP contribution in [0.1, 0.15) is 30.9 Å². The highest BCUT2D eigenvalue weighted by molar-refractivity contribution is 7.99. The van der Waals surface area contributed by atoms with Gasteiger partial charge in [0, 0.05) is 37.4 Å². The number of likely N-dealkylation sites (tertiary alicyclic amines) is 1. The van der Waals surface area contributed by atoms with Crippen LogP contribution in [-0.2, 0) is 14.4 Å². The molecule has 3 rings (SSSR count). The number of nitrogens with one attached hydrogen (secondary N) is 1. The first-order valence-electron chi connectivity index (χ1n) is 9.38. The first-order valence-corrected chi connectivity index (χ1v) is 10.5. The summed E-state index contributed by atoms with van der Waals surface area (Å²) >= 11 is 1.61. The molecule has 1 aromatic carbocycles. The Morgan fingerprint density at radius 1 is 1.11 bits per heavy atom. The summed E-state index contributed by atoms with van der Waals surface area (Å²) in [6.07, 6.45) is 1.34. The van der Waals surface area contributed by atoms with Crippen molar-refractivity contribution in [3.63, 3.8) is 0 Å². The normalized spacial score (nSPS) is 20.6. The lowest BCUT2D eigenvalue weighted by Gasteiger charge is -2.33. The Labute approximate surface area is 164 Å². The van der Waals surface area contributed by atoms with Crippen molar-refractivity contribution in [1.82, 2.24) is 9.80 Å². The van der Waals surface area contributed by atoms with E-state index in [9.17, 15) is 14.4 Å². The molecule has 1 N–H and O–H groups in total. The van der Waals surface area contributed by atoms with E-state index in [2.05, 4.69) is 5.32 Å². The Balaban J connectivity index is 1.62. The number of carbonyl (C=O) groups excluding carboxylic acids is 3. The van der Waals surface area contributed by atoms with Crippen LogP contribution in [0, 0.1) is 19.8 Å². The summed E-state index contributed by atoms with van der Waals surface area (Å²) in [4.78, 5) is 40.7. The largest absolute Gasteiger partial charge is 0.343 e. The number of anilines is 1. The summed E-state index contributed by atoms with van der Waals surface area (Å²) < 4.78 is 0. The molecule has 1 atom stereocenters. The van der Waals surface area contributed by atoms with Gasteiger partial charge in [-0.3, -0.25) is 14.4 Å². The number of amides is 3. The van der Waals surface area contributed by atoms with Crippen molar-refractivity contribution in [2.24, 2.45) is 5.92 Å². The van der Waals surface area contributed by atoms with Gasteiger partial charge >= 0.3 is 0 Å². The summed E-state index contributed by atoms with van der Waals surface area (Å²) in [6, 6.07) is 5.40. The Kier molecular flexibility index (Phi) is 6.09. The minimum atomic E-state index is -0.435. The maximum Gasteiger partial charge on any atom is 0.248 e. The highest BCUT2D eigenvalue weighted by Gasteiger charge is 2.38. The van der Waals surface area contributed by atoms with E-state index in [-0.39, 0.29) is 23.6 Å². The van der Waals surface area contributed by atoms with Crippen LogP contribution < -0.4 is 5.32 Å². The molecule has 0 bridgehead atoms. The first kappa shape index (κ1) is 19.7. The molecule has 7 heteroatoms. The average molecular weight is 390 g/mol. The number of nitrogens with zero attached hydrogens (tertiary/aromatic N) is 2. The van der Waals surface area contributed by atoms with Gasteiger partial charge in [0.1, 0.15) is 6.04 Å². The summed E-state index contributed by atoms with van der Waals surface area (Å²) in [7, 11) is 0. The Bertz CT molecular complexity index is 744. The monoisotopic (exact) mass is 389 g/mol. The number of rotatable bonds is 3. The van der Waals surface area contributed by atoms with Crippen molar-refractivity contribution in [2.75, 3.05) is 30.0 Å². The Morgan fingerprint density at radius 2 is 1.81 bits per heavy atom. The number of thioether (sulfide) groups is 1. The minimum Gasteiger partial charge on any atom is -0.343 e. The van der Waals surface area contributed by atoms with Gasteiger partial charge in [-0.2, -0.15) is 0 Å². The third-order valence-electron chi connectivity index (χ3n) is 5.53. The van der Waals surface area contributed by atoms with Crippen molar-refractivity contribution in [3.8, 4) is 0 Å². The summed E-state index contributed by atoms with van der Waals surface area (Å²) in [5.74, 6) is 1.05. The zero-order valence-corrected chi connectivity index (χ0v) is 17.0. The summed E-state index contributed by atoms with van der Waals surface area (Å²) in [6.45, 7) is 6.84. The third kappa shape index (κ3) is 4.46. The van der Waals surface area contributed by atoms with Gasteiger partial charge in [-0.05, 0) is 49.9 Å². The molecule has 3 amide bonds. The van der Waals surface area contributed by atoms with Crippen molar-refractivity contribution in [3.05, 3.63) is 29.3 Å². The number of aryl methyl sites for hydroxylation is 2. The highest BCUT2D eigenvalue weighted by Crippen LogP contribution is 2.28. The van der Waals surface area contributed by atoms with Crippen molar-refractivity contribution >= 4 is 35.2 Å². The molecule has 2 heterocycles. The van der Waals surface area contributed by atoms with Crippen LogP contribution in [0.3, 0.4) is 0 Å². The molecule has 2 fully saturated rings. The van der Waals surface area contributed by atoms with Crippen molar-refractivity contribution in [2.45, 2.75) is 39.7 Å². The Hall–Kier alpha value is -2.02.